The van der Waals surface area contributed by atoms with E-state index in [-0.39, 0.29) is 145 Å². The highest BCUT2D eigenvalue weighted by atomic mass is 16.7. The number of likely N-dealkylation sites (tertiary alicyclic amines) is 4. The van der Waals surface area contributed by atoms with Crippen molar-refractivity contribution in [3.8, 4) is 0 Å². The van der Waals surface area contributed by atoms with Gasteiger partial charge in [-0.25, -0.2) is 19.2 Å². The van der Waals surface area contributed by atoms with Gasteiger partial charge in [0.2, 0.25) is 35.4 Å². The molecule has 0 radical (unpaired) electrons. The van der Waals surface area contributed by atoms with Crippen molar-refractivity contribution in [2.45, 2.75) is 194 Å². The molecule has 13 rings (SSSR count). The molecule has 0 aromatic heterocycles. The van der Waals surface area contributed by atoms with Crippen molar-refractivity contribution in [2.75, 3.05) is 122 Å². The first-order chi connectivity index (χ1) is 47.4. The number of nitrogens with one attached hydrogen (secondary N) is 4. The zero-order valence-electron chi connectivity index (χ0n) is 58.3. The second-order valence-electron chi connectivity index (χ2n) is 28.3. The fourth-order valence-electron chi connectivity index (χ4n) is 16.4. The minimum Gasteiger partial charge on any atom is -0.347 e. The molecule has 0 aromatic rings. The molecule has 548 valence electrons. The monoisotopic (exact) mass is 1390 g/mol. The van der Waals surface area contributed by atoms with Crippen LogP contribution in [0.2, 0.25) is 0 Å². The van der Waals surface area contributed by atoms with Gasteiger partial charge in [-0.05, 0) is 135 Å². The zero-order chi connectivity index (χ0) is 71.3. The summed E-state index contributed by atoms with van der Waals surface area (Å²) in [6.07, 6.45) is 14.7. The van der Waals surface area contributed by atoms with E-state index in [1.54, 1.807) is 23.9 Å². The molecule has 12 heterocycles. The molecule has 34 nitrogen and oxygen atoms in total. The van der Waals surface area contributed by atoms with Crippen LogP contribution in [-0.4, -0.2) is 337 Å². The first-order valence-corrected chi connectivity index (χ1v) is 35.1. The number of hydrogen-bond donors (Lipinski definition) is 4. The number of Topliss-reactive ketones (excluding diaryl/α,β-unsaturated/α-hetero) is 4. The number of carbonyl (C=O) groups is 14. The van der Waals surface area contributed by atoms with Crippen LogP contribution in [0.25, 0.3) is 0 Å². The standard InChI is InChI=1S/C20H32N4O4.2C15H22N4O5.C15H24N4O4/c1-22-8-7-14(9-13-3-4-13)10-17(22)18(25)11-21-19(26)16-6-5-15-12-23(16)20(27)24(15)28-2;2*1-17-10(5-6-13(17)21)12(20)7-16-14(22)11-4-3-9-8-18(11)15(23)19(9)24-2;1-17-7-3-4-11(17)13(20)8-16-14(21)12-6-5-10-9-18(12)15(22)19(10)23-2/h13-17H,3-12H2,1-2H3,(H,21,26);2*9-11H,3-8H2,1-2H3,(H,16,22);10-12H,3-9H2,1-2H3,(H,16,21)/t14-,15+,16-,17-;9-,10+,11+;9-,10-,11+;10-,11-,12+/m0111/s1. The van der Waals surface area contributed by atoms with Crippen molar-refractivity contribution < 1.29 is 86.5 Å². The predicted molar refractivity (Wildman–Crippen MR) is 347 cm³/mol. The summed E-state index contributed by atoms with van der Waals surface area (Å²) in [6.45, 7) is 3.61. The van der Waals surface area contributed by atoms with Crippen molar-refractivity contribution in [3.05, 3.63) is 0 Å². The van der Waals surface area contributed by atoms with Crippen LogP contribution < -0.4 is 21.3 Å². The number of fused-ring (bicyclic) bond motifs is 8. The number of urea groups is 4. The Morgan fingerprint density at radius 1 is 0.354 bits per heavy atom. The first kappa shape index (κ1) is 74.0. The molecule has 0 unspecified atom stereocenters. The summed E-state index contributed by atoms with van der Waals surface area (Å²) in [5.74, 6) is 0.00749. The van der Waals surface area contributed by atoms with E-state index in [9.17, 15) is 67.1 Å². The lowest BCUT2D eigenvalue weighted by atomic mass is 9.85. The van der Waals surface area contributed by atoms with Gasteiger partial charge < -0.3 is 50.7 Å². The van der Waals surface area contributed by atoms with Crippen LogP contribution in [-0.2, 0) is 67.3 Å². The van der Waals surface area contributed by atoms with Crippen LogP contribution in [0.15, 0.2) is 0 Å². The lowest BCUT2D eigenvalue weighted by Crippen LogP contribution is -2.53. The summed E-state index contributed by atoms with van der Waals surface area (Å²) in [7, 11) is 12.9. The molecule has 0 spiro atoms. The van der Waals surface area contributed by atoms with Crippen molar-refractivity contribution in [1.82, 2.24) is 80.7 Å². The Balaban J connectivity index is 0.000000143. The van der Waals surface area contributed by atoms with Crippen molar-refractivity contribution in [1.29, 1.82) is 0 Å². The summed E-state index contributed by atoms with van der Waals surface area (Å²) in [4.78, 5) is 205. The number of likely N-dealkylation sites (N-methyl/N-ethyl adjacent to an activating group) is 4. The molecular formula is C65H100N16O18. The normalized spacial score (nSPS) is 30.8. The molecule has 14 amide bonds. The number of hydrogen-bond acceptors (Lipinski definition) is 20. The molecule has 12 saturated heterocycles. The Morgan fingerprint density at radius 3 is 0.949 bits per heavy atom. The lowest BCUT2D eigenvalue weighted by molar-refractivity contribution is -0.133. The van der Waals surface area contributed by atoms with Gasteiger partial charge in [0, 0.05) is 53.1 Å². The summed E-state index contributed by atoms with van der Waals surface area (Å²) < 4.78 is 0. The molecule has 13 aliphatic rings. The van der Waals surface area contributed by atoms with Crippen LogP contribution in [0, 0.1) is 11.8 Å². The van der Waals surface area contributed by atoms with Gasteiger partial charge in [0.05, 0.1) is 103 Å². The van der Waals surface area contributed by atoms with Crippen LogP contribution in [0.5, 0.6) is 0 Å². The third kappa shape index (κ3) is 16.2. The largest absolute Gasteiger partial charge is 0.347 e. The number of ketones is 4. The Morgan fingerprint density at radius 2 is 0.667 bits per heavy atom. The highest BCUT2D eigenvalue weighted by Crippen LogP contribution is 2.40. The third-order valence-corrected chi connectivity index (χ3v) is 22.4. The van der Waals surface area contributed by atoms with Gasteiger partial charge in [-0.2, -0.15) is 20.3 Å². The van der Waals surface area contributed by atoms with E-state index in [1.165, 1.54) is 94.0 Å². The number of hydroxylamine groups is 8. The van der Waals surface area contributed by atoms with Gasteiger partial charge in [0.1, 0.15) is 24.2 Å². The smallest absolute Gasteiger partial charge is 0.345 e. The molecule has 13 fully saturated rings. The maximum Gasteiger partial charge on any atom is 0.345 e. The van der Waals surface area contributed by atoms with Gasteiger partial charge in [-0.1, -0.05) is 12.8 Å². The Bertz CT molecular complexity index is 3010. The van der Waals surface area contributed by atoms with Gasteiger partial charge in [0.25, 0.3) is 0 Å². The van der Waals surface area contributed by atoms with Crippen molar-refractivity contribution in [3.63, 3.8) is 0 Å². The maximum atomic E-state index is 12.8. The number of amides is 14. The van der Waals surface area contributed by atoms with Crippen LogP contribution in [0.4, 0.5) is 19.2 Å². The van der Waals surface area contributed by atoms with E-state index < -0.39 is 36.3 Å². The Labute approximate surface area is 576 Å². The molecule has 34 heteroatoms. The molecule has 1 saturated carbocycles. The van der Waals surface area contributed by atoms with Crippen LogP contribution in [0.1, 0.15) is 122 Å². The molecule has 8 bridgehead atoms. The minimum absolute atomic E-state index is 0.0162. The predicted octanol–water partition coefficient (Wildman–Crippen LogP) is -1.15. The van der Waals surface area contributed by atoms with Gasteiger partial charge in [0.15, 0.2) is 23.1 Å². The second-order valence-corrected chi connectivity index (χ2v) is 28.3. The van der Waals surface area contributed by atoms with Crippen LogP contribution >= 0.6 is 0 Å². The quantitative estimate of drug-likeness (QED) is 0.0994. The van der Waals surface area contributed by atoms with E-state index in [0.29, 0.717) is 96.3 Å². The molecule has 12 aliphatic heterocycles. The highest BCUT2D eigenvalue weighted by molar-refractivity contribution is 5.98. The number of nitrogens with zero attached hydrogens (tertiary/aromatic N) is 12. The summed E-state index contributed by atoms with van der Waals surface area (Å²) in [5.41, 5.74) is 0. The summed E-state index contributed by atoms with van der Waals surface area (Å²) in [5, 5.41) is 16.1. The van der Waals surface area contributed by atoms with Gasteiger partial charge in [-0.15, -0.1) is 0 Å². The third-order valence-electron chi connectivity index (χ3n) is 22.4. The van der Waals surface area contributed by atoms with Crippen molar-refractivity contribution >= 4 is 82.7 Å². The SMILES string of the molecule is CON1C(=O)N2C[C@H]1CC[C@H]2C(=O)NCC(=O)[C@@H]1CCC(=O)N1C.CON1C(=O)N2C[C@H]1CC[C@H]2C(=O)NCC(=O)[C@@H]1C[C@H](CC2CC2)CCN1C.CON1C(=O)N2C[C@H]1CC[C@H]2C(=O)NCC(=O)[C@H]1CCC(=O)N1C.CON1C(=O)N2C[C@H]1CC[C@H]2C(=O)NCC(=O)[C@H]1CCCN1C. The first-order valence-electron chi connectivity index (χ1n) is 35.1. The number of piperidine rings is 5. The zero-order valence-corrected chi connectivity index (χ0v) is 58.3. The summed E-state index contributed by atoms with van der Waals surface area (Å²) in [6, 6.07) is -4.47. The van der Waals surface area contributed by atoms with Gasteiger partial charge >= 0.3 is 24.1 Å². The fourth-order valence-corrected chi connectivity index (χ4v) is 16.4. The van der Waals surface area contributed by atoms with Gasteiger partial charge in [-0.3, -0.25) is 77.1 Å². The average molecular weight is 1390 g/mol. The maximum absolute atomic E-state index is 12.8. The summed E-state index contributed by atoms with van der Waals surface area (Å²) >= 11 is 0. The molecular weight excluding hydrogens is 1290 g/mol. The Kier molecular flexibility index (Phi) is 24.2. The van der Waals surface area contributed by atoms with E-state index in [4.69, 9.17) is 19.4 Å². The van der Waals surface area contributed by atoms with Crippen molar-refractivity contribution in [2.24, 2.45) is 11.8 Å². The Hall–Kier alpha value is -7.66. The van der Waals surface area contributed by atoms with Crippen LogP contribution in [0.3, 0.4) is 0 Å². The molecule has 99 heavy (non-hydrogen) atoms. The molecule has 0 aromatic carbocycles. The molecule has 4 N–H and O–H groups in total. The van der Waals surface area contributed by atoms with E-state index >= 15 is 0 Å². The second kappa shape index (κ2) is 32.3. The average Bonchev–Trinajstić information content (AvgIpc) is 1.65. The fraction of sp³-hybridized carbons (Fsp3) is 0.785. The molecule has 13 atom stereocenters. The highest BCUT2D eigenvalue weighted by Gasteiger charge is 2.52. The number of rotatable bonds is 22. The van der Waals surface area contributed by atoms with E-state index in [2.05, 4.69) is 26.2 Å². The topological polar surface area (TPSA) is 363 Å². The molecule has 1 aliphatic carbocycles. The minimum atomic E-state index is -0.579. The lowest BCUT2D eigenvalue weighted by Gasteiger charge is -2.36. The number of carbonyl (C=O) groups excluding carboxylic acids is 14. The van der Waals surface area contributed by atoms with E-state index in [1.807, 2.05) is 19.0 Å². The van der Waals surface area contributed by atoms with E-state index in [0.717, 1.165) is 51.1 Å².